The van der Waals surface area contributed by atoms with Crippen LogP contribution in [0.4, 0.5) is 5.00 Å². The molecule has 6 nitrogen and oxygen atoms in total. The minimum Gasteiger partial charge on any atom is -0.493 e. The highest BCUT2D eigenvalue weighted by atomic mass is 79.9. The van der Waals surface area contributed by atoms with Gasteiger partial charge in [-0.15, -0.1) is 11.3 Å². The van der Waals surface area contributed by atoms with Crippen LogP contribution in [0.15, 0.2) is 40.9 Å². The van der Waals surface area contributed by atoms with Gasteiger partial charge < -0.3 is 20.1 Å². The number of nitrogens with one attached hydrogen (secondary N) is 2. The molecule has 5 rings (SSSR count). The van der Waals surface area contributed by atoms with Crippen LogP contribution in [0.5, 0.6) is 11.5 Å². The number of aryl methyl sites for hydroxylation is 1. The summed E-state index contributed by atoms with van der Waals surface area (Å²) in [5.74, 6) is 0.757. The second-order valence-corrected chi connectivity index (χ2v) is 12.8. The number of thiophene rings is 1. The third kappa shape index (κ3) is 5.01. The molecule has 0 unspecified atom stereocenters. The van der Waals surface area contributed by atoms with Crippen LogP contribution in [0.2, 0.25) is 0 Å². The highest BCUT2D eigenvalue weighted by molar-refractivity contribution is 9.10. The van der Waals surface area contributed by atoms with Gasteiger partial charge in [0.1, 0.15) is 11.2 Å². The van der Waals surface area contributed by atoms with E-state index in [9.17, 15) is 9.59 Å². The fourth-order valence-corrected chi connectivity index (χ4v) is 6.94. The Hall–Kier alpha value is -2.84. The SMILES string of the molecule is COc1cc([C@@H]2NC(=O)c3c(sc4c3CC[C@@H](C(C)(C)C)C4)N2)cc(Br)c1OC(=O)c1ccc(C)cc1. The maximum atomic E-state index is 13.3. The molecule has 1 aromatic heterocycles. The molecule has 0 radical (unpaired) electrons. The molecule has 0 spiro atoms. The van der Waals surface area contributed by atoms with Crippen molar-refractivity contribution in [2.45, 2.75) is 53.1 Å². The molecular formula is C29H31BrN2O4S. The van der Waals surface area contributed by atoms with Crippen LogP contribution in [0, 0.1) is 18.3 Å². The second-order valence-electron chi connectivity index (χ2n) is 10.9. The van der Waals surface area contributed by atoms with Crippen LogP contribution >= 0.6 is 27.3 Å². The zero-order chi connectivity index (χ0) is 26.5. The van der Waals surface area contributed by atoms with E-state index in [-0.39, 0.29) is 11.3 Å². The average molecular weight is 584 g/mol. The largest absolute Gasteiger partial charge is 0.493 e. The predicted octanol–water partition coefficient (Wildman–Crippen LogP) is 7.05. The number of amides is 1. The number of carbonyl (C=O) groups is 2. The fraction of sp³-hybridized carbons (Fsp3) is 0.379. The molecule has 2 aliphatic rings. The molecule has 0 bridgehead atoms. The molecule has 2 atom stereocenters. The summed E-state index contributed by atoms with van der Waals surface area (Å²) < 4.78 is 11.8. The van der Waals surface area contributed by atoms with Gasteiger partial charge in [0.05, 0.1) is 22.7 Å². The molecule has 3 aromatic rings. The number of anilines is 1. The quantitative estimate of drug-likeness (QED) is 0.254. The topological polar surface area (TPSA) is 76.7 Å². The summed E-state index contributed by atoms with van der Waals surface area (Å²) in [7, 11) is 1.53. The molecular weight excluding hydrogens is 552 g/mol. The van der Waals surface area contributed by atoms with Gasteiger partial charge in [-0.3, -0.25) is 4.79 Å². The normalized spacial score (nSPS) is 18.8. The Morgan fingerprint density at radius 1 is 1.14 bits per heavy atom. The van der Waals surface area contributed by atoms with Crippen molar-refractivity contribution in [2.75, 3.05) is 12.4 Å². The monoisotopic (exact) mass is 582 g/mol. The van der Waals surface area contributed by atoms with Gasteiger partial charge in [-0.25, -0.2) is 4.79 Å². The molecule has 8 heteroatoms. The highest BCUT2D eigenvalue weighted by Gasteiger charge is 2.37. The molecule has 37 heavy (non-hydrogen) atoms. The minimum atomic E-state index is -0.474. The van der Waals surface area contributed by atoms with E-state index in [0.717, 1.165) is 41.0 Å². The molecule has 2 heterocycles. The number of rotatable bonds is 4. The van der Waals surface area contributed by atoms with Crippen molar-refractivity contribution in [3.8, 4) is 11.5 Å². The molecule has 1 aliphatic carbocycles. The van der Waals surface area contributed by atoms with Crippen LogP contribution in [-0.2, 0) is 12.8 Å². The van der Waals surface area contributed by atoms with E-state index in [1.807, 2.05) is 25.1 Å². The van der Waals surface area contributed by atoms with Gasteiger partial charge in [0, 0.05) is 4.88 Å². The highest BCUT2D eigenvalue weighted by Crippen LogP contribution is 2.47. The number of halogens is 1. The summed E-state index contributed by atoms with van der Waals surface area (Å²) in [4.78, 5) is 27.3. The lowest BCUT2D eigenvalue weighted by atomic mass is 9.72. The molecule has 0 saturated heterocycles. The number of ether oxygens (including phenoxy) is 2. The van der Waals surface area contributed by atoms with Gasteiger partial charge >= 0.3 is 5.97 Å². The maximum absolute atomic E-state index is 13.3. The van der Waals surface area contributed by atoms with Crippen LogP contribution < -0.4 is 20.1 Å². The number of hydrogen-bond donors (Lipinski definition) is 2. The first kappa shape index (κ1) is 25.8. The lowest BCUT2D eigenvalue weighted by Gasteiger charge is -2.34. The number of fused-ring (bicyclic) bond motifs is 3. The van der Waals surface area contributed by atoms with Crippen molar-refractivity contribution < 1.29 is 19.1 Å². The summed E-state index contributed by atoms with van der Waals surface area (Å²) in [6, 6.07) is 10.8. The molecule has 0 saturated carbocycles. The van der Waals surface area contributed by atoms with E-state index in [0.29, 0.717) is 27.5 Å². The fourth-order valence-electron chi connectivity index (χ4n) is 5.05. The number of hydrogen-bond acceptors (Lipinski definition) is 6. The lowest BCUT2D eigenvalue weighted by Crippen LogP contribution is -2.38. The maximum Gasteiger partial charge on any atom is 0.343 e. The van der Waals surface area contributed by atoms with Gasteiger partial charge in [0.2, 0.25) is 0 Å². The Kier molecular flexibility index (Phi) is 6.83. The number of benzene rings is 2. The Labute approximate surface area is 229 Å². The summed E-state index contributed by atoms with van der Waals surface area (Å²) in [5, 5.41) is 7.55. The smallest absolute Gasteiger partial charge is 0.343 e. The Morgan fingerprint density at radius 3 is 2.54 bits per heavy atom. The molecule has 2 aromatic carbocycles. The molecule has 1 aliphatic heterocycles. The summed E-state index contributed by atoms with van der Waals surface area (Å²) in [5.41, 5.74) is 4.53. The van der Waals surface area contributed by atoms with Crippen molar-refractivity contribution >= 4 is 44.1 Å². The number of esters is 1. The van der Waals surface area contributed by atoms with Crippen molar-refractivity contribution in [3.63, 3.8) is 0 Å². The van der Waals surface area contributed by atoms with Gasteiger partial charge in [-0.05, 0) is 88.8 Å². The summed E-state index contributed by atoms with van der Waals surface area (Å²) in [6.07, 6.45) is 2.61. The number of methoxy groups -OCH3 is 1. The Morgan fingerprint density at radius 2 is 1.86 bits per heavy atom. The van der Waals surface area contributed by atoms with E-state index in [1.54, 1.807) is 29.5 Å². The van der Waals surface area contributed by atoms with Crippen molar-refractivity contribution in [2.24, 2.45) is 11.3 Å². The van der Waals surface area contributed by atoms with Crippen LogP contribution in [0.25, 0.3) is 0 Å². The lowest BCUT2D eigenvalue weighted by molar-refractivity contribution is 0.0728. The van der Waals surface area contributed by atoms with E-state index >= 15 is 0 Å². The minimum absolute atomic E-state index is 0.0598. The first-order chi connectivity index (χ1) is 17.5. The molecule has 1 amide bonds. The van der Waals surface area contributed by atoms with Crippen molar-refractivity contribution in [3.05, 3.63) is 73.6 Å². The molecule has 2 N–H and O–H groups in total. The van der Waals surface area contributed by atoms with Gasteiger partial charge in [-0.2, -0.15) is 0 Å². The van der Waals surface area contributed by atoms with E-state index in [1.165, 1.54) is 17.6 Å². The summed E-state index contributed by atoms with van der Waals surface area (Å²) in [6.45, 7) is 8.85. The number of carbonyl (C=O) groups excluding carboxylic acids is 2. The van der Waals surface area contributed by atoms with Crippen LogP contribution in [-0.4, -0.2) is 19.0 Å². The van der Waals surface area contributed by atoms with E-state index in [2.05, 4.69) is 47.3 Å². The van der Waals surface area contributed by atoms with Crippen LogP contribution in [0.3, 0.4) is 0 Å². The zero-order valence-electron chi connectivity index (χ0n) is 21.7. The second kappa shape index (κ2) is 9.80. The Balaban J connectivity index is 1.40. The zero-order valence-corrected chi connectivity index (χ0v) is 24.1. The van der Waals surface area contributed by atoms with Gasteiger partial charge in [0.15, 0.2) is 11.5 Å². The Bertz CT molecular complexity index is 1370. The summed E-state index contributed by atoms with van der Waals surface area (Å²) >= 11 is 5.24. The van der Waals surface area contributed by atoms with E-state index < -0.39 is 12.1 Å². The van der Waals surface area contributed by atoms with Gasteiger partial charge in [0.25, 0.3) is 5.91 Å². The average Bonchev–Trinajstić information content (AvgIpc) is 3.23. The van der Waals surface area contributed by atoms with Crippen molar-refractivity contribution in [1.29, 1.82) is 0 Å². The molecule has 194 valence electrons. The standard InChI is InChI=1S/C29H31BrN2O4S/c1-15-6-8-16(9-7-15)28(34)36-24-20(30)12-17(13-21(24)35-5)25-31-26(33)23-19-11-10-18(29(2,3)4)14-22(19)37-27(23)32-25/h6-9,12-13,18,25,32H,10-11,14H2,1-5H3,(H,31,33)/t18-,25-/m1/s1. The van der Waals surface area contributed by atoms with Crippen molar-refractivity contribution in [1.82, 2.24) is 5.32 Å². The first-order valence-electron chi connectivity index (χ1n) is 12.4. The third-order valence-electron chi connectivity index (χ3n) is 7.34. The molecule has 0 fully saturated rings. The third-order valence-corrected chi connectivity index (χ3v) is 9.11. The first-order valence-corrected chi connectivity index (χ1v) is 14.0. The van der Waals surface area contributed by atoms with Gasteiger partial charge in [-0.1, -0.05) is 38.5 Å². The van der Waals surface area contributed by atoms with Crippen LogP contribution in [0.1, 0.15) is 75.6 Å². The van der Waals surface area contributed by atoms with E-state index in [4.69, 9.17) is 9.47 Å². The predicted molar refractivity (Wildman–Crippen MR) is 150 cm³/mol.